The zero-order chi connectivity index (χ0) is 13.1. The summed E-state index contributed by atoms with van der Waals surface area (Å²) in [5.41, 5.74) is 0.606. The van der Waals surface area contributed by atoms with Gasteiger partial charge in [-0.2, -0.15) is 8.78 Å². The third-order valence-corrected chi connectivity index (χ3v) is 2.41. The Morgan fingerprint density at radius 1 is 1.00 bits per heavy atom. The smallest absolute Gasteiger partial charge is 0.315 e. The molecular weight excluding hydrogens is 242 g/mol. The van der Waals surface area contributed by atoms with E-state index >= 15 is 0 Å². The number of hydrogen-bond acceptors (Lipinski definition) is 3. The van der Waals surface area contributed by atoms with Crippen LogP contribution in [0.2, 0.25) is 0 Å². The number of carboxylic acid groups (broad SMARTS) is 1. The predicted octanol–water partition coefficient (Wildman–Crippen LogP) is 1.97. The third kappa shape index (κ3) is 2.48. The van der Waals surface area contributed by atoms with Crippen LogP contribution in [-0.4, -0.2) is 21.0 Å². The van der Waals surface area contributed by atoms with E-state index in [2.05, 4.69) is 9.97 Å². The lowest BCUT2D eigenvalue weighted by atomic mass is 9.94. The van der Waals surface area contributed by atoms with E-state index in [-0.39, 0.29) is 0 Å². The number of carboxylic acids is 1. The minimum absolute atomic E-state index is 0.303. The molecular formula is C12H8F2N2O2. The van der Waals surface area contributed by atoms with E-state index in [0.717, 1.165) is 24.5 Å². The van der Waals surface area contributed by atoms with Crippen molar-refractivity contribution in [3.05, 3.63) is 59.7 Å². The lowest BCUT2D eigenvalue weighted by Crippen LogP contribution is -2.14. The average molecular weight is 250 g/mol. The zero-order valence-corrected chi connectivity index (χ0v) is 9.05. The summed E-state index contributed by atoms with van der Waals surface area (Å²) in [7, 11) is 0. The van der Waals surface area contributed by atoms with Gasteiger partial charge in [0.15, 0.2) is 0 Å². The SMILES string of the molecule is O=C(O)C(c1ccc(F)nc1)c1ccc(F)nc1. The number of halogens is 2. The monoisotopic (exact) mass is 250 g/mol. The highest BCUT2D eigenvalue weighted by molar-refractivity contribution is 5.80. The topological polar surface area (TPSA) is 63.1 Å². The summed E-state index contributed by atoms with van der Waals surface area (Å²) in [5.74, 6) is -3.58. The maximum Gasteiger partial charge on any atom is 0.315 e. The quantitative estimate of drug-likeness (QED) is 0.846. The van der Waals surface area contributed by atoms with Crippen molar-refractivity contribution in [3.8, 4) is 0 Å². The van der Waals surface area contributed by atoms with Crippen molar-refractivity contribution in [3.63, 3.8) is 0 Å². The van der Waals surface area contributed by atoms with Gasteiger partial charge in [0.1, 0.15) is 5.92 Å². The number of hydrogen-bond donors (Lipinski definition) is 1. The summed E-state index contributed by atoms with van der Waals surface area (Å²) >= 11 is 0. The molecule has 0 aromatic carbocycles. The van der Waals surface area contributed by atoms with E-state index in [1.165, 1.54) is 12.1 Å². The van der Waals surface area contributed by atoms with Crippen LogP contribution in [0.25, 0.3) is 0 Å². The first kappa shape index (κ1) is 12.1. The second-order valence-corrected chi connectivity index (χ2v) is 3.60. The molecule has 6 heteroatoms. The Kier molecular flexibility index (Phi) is 3.27. The van der Waals surface area contributed by atoms with Gasteiger partial charge in [-0.3, -0.25) is 4.79 Å². The molecule has 0 aliphatic heterocycles. The predicted molar refractivity (Wildman–Crippen MR) is 57.9 cm³/mol. The van der Waals surface area contributed by atoms with Crippen molar-refractivity contribution in [1.82, 2.24) is 9.97 Å². The number of rotatable bonds is 3. The summed E-state index contributed by atoms with van der Waals surface area (Å²) in [5, 5.41) is 9.18. The molecule has 2 aromatic rings. The van der Waals surface area contributed by atoms with Crippen molar-refractivity contribution in [2.45, 2.75) is 5.92 Å². The molecule has 0 amide bonds. The fourth-order valence-corrected chi connectivity index (χ4v) is 1.59. The number of pyridine rings is 2. The third-order valence-electron chi connectivity index (χ3n) is 2.41. The van der Waals surface area contributed by atoms with Crippen LogP contribution in [0, 0.1) is 11.9 Å². The van der Waals surface area contributed by atoms with Crippen molar-refractivity contribution < 1.29 is 18.7 Å². The van der Waals surface area contributed by atoms with E-state index < -0.39 is 23.8 Å². The number of nitrogens with zero attached hydrogens (tertiary/aromatic N) is 2. The van der Waals surface area contributed by atoms with E-state index in [1.54, 1.807) is 0 Å². The molecule has 92 valence electrons. The Balaban J connectivity index is 2.43. The van der Waals surface area contributed by atoms with Gasteiger partial charge in [0, 0.05) is 12.4 Å². The van der Waals surface area contributed by atoms with Crippen molar-refractivity contribution in [1.29, 1.82) is 0 Å². The van der Waals surface area contributed by atoms with E-state index in [0.29, 0.717) is 11.1 Å². The van der Waals surface area contributed by atoms with Gasteiger partial charge in [-0.1, -0.05) is 12.1 Å². The lowest BCUT2D eigenvalue weighted by Gasteiger charge is -2.12. The zero-order valence-electron chi connectivity index (χ0n) is 9.05. The molecule has 0 saturated heterocycles. The fourth-order valence-electron chi connectivity index (χ4n) is 1.59. The van der Waals surface area contributed by atoms with Crippen LogP contribution in [-0.2, 0) is 4.79 Å². The van der Waals surface area contributed by atoms with Gasteiger partial charge in [-0.15, -0.1) is 0 Å². The Hall–Kier alpha value is -2.37. The van der Waals surface area contributed by atoms with Crippen LogP contribution in [0.1, 0.15) is 17.0 Å². The molecule has 0 saturated carbocycles. The van der Waals surface area contributed by atoms with E-state index in [4.69, 9.17) is 0 Å². The second kappa shape index (κ2) is 4.87. The molecule has 2 rings (SSSR count). The highest BCUT2D eigenvalue weighted by Gasteiger charge is 2.22. The van der Waals surface area contributed by atoms with Gasteiger partial charge in [-0.25, -0.2) is 9.97 Å². The molecule has 0 unspecified atom stereocenters. The van der Waals surface area contributed by atoms with Crippen LogP contribution < -0.4 is 0 Å². The Bertz CT molecular complexity index is 510. The van der Waals surface area contributed by atoms with Crippen LogP contribution >= 0.6 is 0 Å². The minimum atomic E-state index is -1.14. The number of carbonyl (C=O) groups is 1. The molecule has 0 bridgehead atoms. The van der Waals surface area contributed by atoms with Crippen molar-refractivity contribution >= 4 is 5.97 Å². The summed E-state index contributed by atoms with van der Waals surface area (Å²) in [6, 6.07) is 4.79. The fraction of sp³-hybridized carbons (Fsp3) is 0.0833. The van der Waals surface area contributed by atoms with Crippen LogP contribution in [0.15, 0.2) is 36.7 Å². The average Bonchev–Trinajstić information content (AvgIpc) is 2.34. The molecule has 0 radical (unpaired) electrons. The Labute approximate surface area is 101 Å². The highest BCUT2D eigenvalue weighted by Crippen LogP contribution is 2.24. The summed E-state index contributed by atoms with van der Waals surface area (Å²) in [4.78, 5) is 18.0. The molecule has 1 N–H and O–H groups in total. The molecule has 0 aliphatic carbocycles. The molecule has 0 spiro atoms. The van der Waals surface area contributed by atoms with Gasteiger partial charge in [0.05, 0.1) is 0 Å². The van der Waals surface area contributed by atoms with Crippen LogP contribution in [0.5, 0.6) is 0 Å². The number of aromatic nitrogens is 2. The normalized spacial score (nSPS) is 10.6. The maximum atomic E-state index is 12.7. The Morgan fingerprint density at radius 2 is 1.44 bits per heavy atom. The molecule has 4 nitrogen and oxygen atoms in total. The van der Waals surface area contributed by atoms with Gasteiger partial charge >= 0.3 is 5.97 Å². The number of aliphatic carboxylic acids is 1. The van der Waals surface area contributed by atoms with Crippen LogP contribution in [0.3, 0.4) is 0 Å². The van der Waals surface area contributed by atoms with Gasteiger partial charge in [0.25, 0.3) is 0 Å². The molecule has 0 fully saturated rings. The van der Waals surface area contributed by atoms with Crippen LogP contribution in [0.4, 0.5) is 8.78 Å². The Morgan fingerprint density at radius 3 is 1.72 bits per heavy atom. The molecule has 2 aromatic heterocycles. The standard InChI is InChI=1S/C12H8F2N2O2/c13-9-3-1-7(5-15-9)11(12(17)18)8-2-4-10(14)16-6-8/h1-6,11H,(H,17,18). The highest BCUT2D eigenvalue weighted by atomic mass is 19.1. The van der Waals surface area contributed by atoms with E-state index in [1.807, 2.05) is 0 Å². The maximum absolute atomic E-state index is 12.7. The van der Waals surface area contributed by atoms with Gasteiger partial charge in [-0.05, 0) is 23.3 Å². The molecule has 2 heterocycles. The van der Waals surface area contributed by atoms with Gasteiger partial charge < -0.3 is 5.11 Å². The minimum Gasteiger partial charge on any atom is -0.481 e. The lowest BCUT2D eigenvalue weighted by molar-refractivity contribution is -0.137. The first-order valence-electron chi connectivity index (χ1n) is 5.03. The van der Waals surface area contributed by atoms with Crippen molar-refractivity contribution in [2.24, 2.45) is 0 Å². The molecule has 18 heavy (non-hydrogen) atoms. The summed E-state index contributed by atoms with van der Waals surface area (Å²) in [6.45, 7) is 0. The second-order valence-electron chi connectivity index (χ2n) is 3.60. The van der Waals surface area contributed by atoms with E-state index in [9.17, 15) is 18.7 Å². The largest absolute Gasteiger partial charge is 0.481 e. The van der Waals surface area contributed by atoms with Gasteiger partial charge in [0.2, 0.25) is 11.9 Å². The summed E-state index contributed by atoms with van der Waals surface area (Å²) < 4.78 is 25.4. The molecule has 0 aliphatic rings. The molecule has 0 atom stereocenters. The van der Waals surface area contributed by atoms with Crippen molar-refractivity contribution in [2.75, 3.05) is 0 Å². The first-order valence-corrected chi connectivity index (χ1v) is 5.03. The first-order chi connectivity index (χ1) is 8.58. The summed E-state index contributed by atoms with van der Waals surface area (Å²) in [6.07, 6.45) is 2.27.